The van der Waals surface area contributed by atoms with Gasteiger partial charge in [0.1, 0.15) is 24.0 Å². The SMILES string of the molecule is Cc1ccc(C(=O)NCCc2nnc3n2CCN(Cc2cccc(OCCO)c2)CC3)cc1. The molecule has 0 spiro atoms. The van der Waals surface area contributed by atoms with Gasteiger partial charge in [-0.15, -0.1) is 10.2 Å². The molecule has 0 radical (unpaired) electrons. The van der Waals surface area contributed by atoms with E-state index in [1.165, 1.54) is 5.56 Å². The second-order valence-corrected chi connectivity index (χ2v) is 8.30. The fourth-order valence-electron chi connectivity index (χ4n) is 4.02. The number of nitrogens with one attached hydrogen (secondary N) is 1. The van der Waals surface area contributed by atoms with Gasteiger partial charge in [-0.3, -0.25) is 9.69 Å². The Hall–Kier alpha value is -3.23. The Morgan fingerprint density at radius 3 is 2.79 bits per heavy atom. The van der Waals surface area contributed by atoms with Crippen LogP contribution in [0.25, 0.3) is 0 Å². The van der Waals surface area contributed by atoms with Crippen LogP contribution in [0.5, 0.6) is 5.75 Å². The second kappa shape index (κ2) is 11.1. The molecule has 1 aliphatic heterocycles. The summed E-state index contributed by atoms with van der Waals surface area (Å²) < 4.78 is 7.72. The highest BCUT2D eigenvalue weighted by Crippen LogP contribution is 2.17. The fourth-order valence-corrected chi connectivity index (χ4v) is 4.02. The van der Waals surface area contributed by atoms with Gasteiger partial charge >= 0.3 is 0 Å². The van der Waals surface area contributed by atoms with Crippen molar-refractivity contribution in [2.24, 2.45) is 0 Å². The number of hydrogen-bond donors (Lipinski definition) is 2. The molecule has 8 nitrogen and oxygen atoms in total. The predicted octanol–water partition coefficient (Wildman–Crippen LogP) is 1.99. The molecule has 2 N–H and O–H groups in total. The monoisotopic (exact) mass is 449 g/mol. The van der Waals surface area contributed by atoms with E-state index >= 15 is 0 Å². The van der Waals surface area contributed by atoms with Gasteiger partial charge < -0.3 is 19.7 Å². The summed E-state index contributed by atoms with van der Waals surface area (Å²) in [6.07, 6.45) is 1.48. The smallest absolute Gasteiger partial charge is 0.251 e. The molecule has 0 saturated carbocycles. The summed E-state index contributed by atoms with van der Waals surface area (Å²) in [4.78, 5) is 14.8. The van der Waals surface area contributed by atoms with Crippen LogP contribution in [-0.2, 0) is 25.9 Å². The van der Waals surface area contributed by atoms with Crippen molar-refractivity contribution in [1.29, 1.82) is 0 Å². The molecule has 33 heavy (non-hydrogen) atoms. The molecule has 0 bridgehead atoms. The first-order valence-electron chi connectivity index (χ1n) is 11.4. The lowest BCUT2D eigenvalue weighted by Crippen LogP contribution is -2.28. The zero-order valence-electron chi connectivity index (χ0n) is 19.0. The maximum Gasteiger partial charge on any atom is 0.251 e. The number of fused-ring (bicyclic) bond motifs is 1. The number of ether oxygens (including phenoxy) is 1. The number of hydrogen-bond acceptors (Lipinski definition) is 6. The first-order valence-corrected chi connectivity index (χ1v) is 11.4. The topological polar surface area (TPSA) is 92.5 Å². The third-order valence-corrected chi connectivity index (χ3v) is 5.81. The maximum absolute atomic E-state index is 12.3. The molecule has 4 rings (SSSR count). The number of amides is 1. The number of nitrogens with zero attached hydrogens (tertiary/aromatic N) is 4. The first-order chi connectivity index (χ1) is 16.1. The molecule has 2 aromatic carbocycles. The quantitative estimate of drug-likeness (QED) is 0.519. The van der Waals surface area contributed by atoms with E-state index in [-0.39, 0.29) is 12.5 Å². The molecule has 174 valence electrons. The van der Waals surface area contributed by atoms with Crippen molar-refractivity contribution in [3.05, 3.63) is 76.9 Å². The van der Waals surface area contributed by atoms with Crippen molar-refractivity contribution in [2.45, 2.75) is 32.9 Å². The van der Waals surface area contributed by atoms with Crippen molar-refractivity contribution in [3.63, 3.8) is 0 Å². The second-order valence-electron chi connectivity index (χ2n) is 8.30. The van der Waals surface area contributed by atoms with Crippen LogP contribution in [0, 0.1) is 6.92 Å². The Labute approximate surface area is 194 Å². The van der Waals surface area contributed by atoms with E-state index in [9.17, 15) is 4.79 Å². The summed E-state index contributed by atoms with van der Waals surface area (Å²) in [6.45, 7) is 6.30. The molecule has 0 aliphatic carbocycles. The summed E-state index contributed by atoms with van der Waals surface area (Å²) in [7, 11) is 0. The maximum atomic E-state index is 12.3. The van der Waals surface area contributed by atoms with Crippen LogP contribution >= 0.6 is 0 Å². The minimum Gasteiger partial charge on any atom is -0.491 e. The zero-order chi connectivity index (χ0) is 23.0. The van der Waals surface area contributed by atoms with E-state index < -0.39 is 0 Å². The first kappa shape index (κ1) is 22.9. The van der Waals surface area contributed by atoms with Gasteiger partial charge in [0.25, 0.3) is 5.91 Å². The Kier molecular flexibility index (Phi) is 7.70. The lowest BCUT2D eigenvalue weighted by atomic mass is 10.1. The number of aromatic nitrogens is 3. The van der Waals surface area contributed by atoms with Gasteiger partial charge in [0.15, 0.2) is 0 Å². The Bertz CT molecular complexity index is 1060. The Balaban J connectivity index is 1.29. The minimum atomic E-state index is -0.0676. The highest BCUT2D eigenvalue weighted by atomic mass is 16.5. The van der Waals surface area contributed by atoms with Gasteiger partial charge in [0.2, 0.25) is 0 Å². The molecule has 1 aliphatic rings. The Morgan fingerprint density at radius 2 is 1.97 bits per heavy atom. The third kappa shape index (κ3) is 6.18. The number of aliphatic hydroxyl groups excluding tert-OH is 1. The Morgan fingerprint density at radius 1 is 1.12 bits per heavy atom. The normalized spacial score (nSPS) is 13.9. The third-order valence-electron chi connectivity index (χ3n) is 5.81. The molecule has 3 aromatic rings. The van der Waals surface area contributed by atoms with Gasteiger partial charge in [-0.25, -0.2) is 0 Å². The largest absolute Gasteiger partial charge is 0.491 e. The number of aryl methyl sites for hydroxylation is 1. The number of carbonyl (C=O) groups excluding carboxylic acids is 1. The molecular formula is C25H31N5O3. The molecule has 1 aromatic heterocycles. The highest BCUT2D eigenvalue weighted by molar-refractivity contribution is 5.94. The van der Waals surface area contributed by atoms with Crippen molar-refractivity contribution < 1.29 is 14.6 Å². The summed E-state index contributed by atoms with van der Waals surface area (Å²) in [5.41, 5.74) is 2.98. The average Bonchev–Trinajstić information content (AvgIpc) is 3.10. The van der Waals surface area contributed by atoms with Crippen LogP contribution in [0.2, 0.25) is 0 Å². The summed E-state index contributed by atoms with van der Waals surface area (Å²) in [5.74, 6) is 2.62. The fraction of sp³-hybridized carbons (Fsp3) is 0.400. The average molecular weight is 450 g/mol. The molecule has 0 atom stereocenters. The van der Waals surface area contributed by atoms with E-state index in [1.54, 1.807) is 0 Å². The van der Waals surface area contributed by atoms with Crippen LogP contribution in [0.1, 0.15) is 33.1 Å². The number of benzene rings is 2. The lowest BCUT2D eigenvalue weighted by Gasteiger charge is -2.20. The van der Waals surface area contributed by atoms with Gasteiger partial charge in [-0.2, -0.15) is 0 Å². The van der Waals surface area contributed by atoms with E-state index in [0.29, 0.717) is 25.1 Å². The molecule has 2 heterocycles. The summed E-state index contributed by atoms with van der Waals surface area (Å²) in [6, 6.07) is 15.6. The van der Waals surface area contributed by atoms with Crippen LogP contribution in [0.4, 0.5) is 0 Å². The molecule has 1 amide bonds. The molecule has 8 heteroatoms. The molecule has 0 fully saturated rings. The molecule has 0 unspecified atom stereocenters. The summed E-state index contributed by atoms with van der Waals surface area (Å²) in [5, 5.41) is 20.7. The number of rotatable bonds is 9. The van der Waals surface area contributed by atoms with Crippen LogP contribution in [0.15, 0.2) is 48.5 Å². The van der Waals surface area contributed by atoms with E-state index in [4.69, 9.17) is 9.84 Å². The number of carbonyl (C=O) groups is 1. The van der Waals surface area contributed by atoms with Crippen molar-refractivity contribution in [3.8, 4) is 5.75 Å². The van der Waals surface area contributed by atoms with Gasteiger partial charge in [0, 0.05) is 51.1 Å². The molecule has 0 saturated heterocycles. The number of aliphatic hydroxyl groups is 1. The predicted molar refractivity (Wildman–Crippen MR) is 125 cm³/mol. The van der Waals surface area contributed by atoms with E-state index in [1.807, 2.05) is 49.4 Å². The van der Waals surface area contributed by atoms with E-state index in [0.717, 1.165) is 55.6 Å². The van der Waals surface area contributed by atoms with Crippen molar-refractivity contribution in [2.75, 3.05) is 32.8 Å². The van der Waals surface area contributed by atoms with Crippen molar-refractivity contribution in [1.82, 2.24) is 25.0 Å². The van der Waals surface area contributed by atoms with Gasteiger partial charge in [-0.1, -0.05) is 29.8 Å². The standard InChI is InChI=1S/C25H31N5O3/c1-19-5-7-21(8-6-19)25(32)26-11-9-23-27-28-24-10-12-29(13-14-30(23)24)18-20-3-2-4-22(17-20)33-16-15-31/h2-8,17,31H,9-16,18H2,1H3,(H,26,32). The minimum absolute atomic E-state index is 0.00776. The van der Waals surface area contributed by atoms with Gasteiger partial charge in [-0.05, 0) is 36.8 Å². The van der Waals surface area contributed by atoms with Crippen LogP contribution in [-0.4, -0.2) is 63.5 Å². The summed E-state index contributed by atoms with van der Waals surface area (Å²) >= 11 is 0. The van der Waals surface area contributed by atoms with Crippen LogP contribution < -0.4 is 10.1 Å². The van der Waals surface area contributed by atoms with Crippen molar-refractivity contribution >= 4 is 5.91 Å². The van der Waals surface area contributed by atoms with Crippen LogP contribution in [0.3, 0.4) is 0 Å². The zero-order valence-corrected chi connectivity index (χ0v) is 19.0. The highest BCUT2D eigenvalue weighted by Gasteiger charge is 2.19. The lowest BCUT2D eigenvalue weighted by molar-refractivity contribution is 0.0954. The van der Waals surface area contributed by atoms with E-state index in [2.05, 4.69) is 31.0 Å². The molecular weight excluding hydrogens is 418 g/mol. The van der Waals surface area contributed by atoms with Gasteiger partial charge in [0.05, 0.1) is 6.61 Å².